The molecule has 2 amide bonds. The Labute approximate surface area is 208 Å². The van der Waals surface area contributed by atoms with Gasteiger partial charge in [-0.05, 0) is 68.9 Å². The molecule has 1 fully saturated rings. The van der Waals surface area contributed by atoms with Gasteiger partial charge in [0.1, 0.15) is 17.1 Å². The van der Waals surface area contributed by atoms with Crippen molar-refractivity contribution < 1.29 is 28.5 Å². The predicted octanol–water partition coefficient (Wildman–Crippen LogP) is 4.37. The van der Waals surface area contributed by atoms with Crippen molar-refractivity contribution in [2.24, 2.45) is 0 Å². The predicted molar refractivity (Wildman–Crippen MR) is 134 cm³/mol. The smallest absolute Gasteiger partial charge is 0.270 e. The molecule has 0 bridgehead atoms. The van der Waals surface area contributed by atoms with E-state index in [9.17, 15) is 9.59 Å². The van der Waals surface area contributed by atoms with E-state index in [-0.39, 0.29) is 16.8 Å². The Morgan fingerprint density at radius 3 is 2.47 bits per heavy atom. The van der Waals surface area contributed by atoms with Gasteiger partial charge in [0.2, 0.25) is 0 Å². The zero-order chi connectivity index (χ0) is 25.0. The van der Waals surface area contributed by atoms with Gasteiger partial charge in [0.25, 0.3) is 11.8 Å². The number of benzene rings is 2. The molecule has 3 rings (SSSR count). The molecule has 1 saturated heterocycles. The number of halogens is 1. The molecule has 0 unspecified atom stereocenters. The molecule has 1 aliphatic heterocycles. The quantitative estimate of drug-likeness (QED) is 0.324. The third-order valence-corrected chi connectivity index (χ3v) is 5.29. The molecule has 0 spiro atoms. The van der Waals surface area contributed by atoms with E-state index < -0.39 is 11.8 Å². The molecule has 0 atom stereocenters. The third kappa shape index (κ3) is 5.26. The van der Waals surface area contributed by atoms with Crippen LogP contribution < -0.4 is 29.2 Å². The van der Waals surface area contributed by atoms with Crippen LogP contribution in [0.3, 0.4) is 0 Å². The number of carbonyl (C=O) groups is 2. The van der Waals surface area contributed by atoms with Crippen LogP contribution in [0.15, 0.2) is 35.9 Å². The number of rotatable bonds is 8. The van der Waals surface area contributed by atoms with Gasteiger partial charge in [-0.2, -0.15) is 0 Å². The van der Waals surface area contributed by atoms with Crippen LogP contribution in [0.1, 0.15) is 26.3 Å². The lowest BCUT2D eigenvalue weighted by molar-refractivity contribution is -0.122. The Bertz CT molecular complexity index is 1160. The maximum atomic E-state index is 13.4. The van der Waals surface area contributed by atoms with Crippen LogP contribution in [0.25, 0.3) is 6.08 Å². The van der Waals surface area contributed by atoms with E-state index in [0.717, 1.165) is 0 Å². The maximum absolute atomic E-state index is 13.4. The van der Waals surface area contributed by atoms with Crippen LogP contribution in [0.4, 0.5) is 5.69 Å². The lowest BCUT2D eigenvalue weighted by Crippen LogP contribution is -2.54. The van der Waals surface area contributed by atoms with E-state index in [1.54, 1.807) is 30.3 Å². The van der Waals surface area contributed by atoms with Crippen molar-refractivity contribution in [2.75, 3.05) is 25.7 Å². The summed E-state index contributed by atoms with van der Waals surface area (Å²) in [7, 11) is 2.98. The summed E-state index contributed by atoms with van der Waals surface area (Å²) in [6.07, 6.45) is 1.30. The summed E-state index contributed by atoms with van der Waals surface area (Å²) in [6.45, 7) is 5.96. The van der Waals surface area contributed by atoms with Crippen LogP contribution in [0, 0.1) is 0 Å². The summed E-state index contributed by atoms with van der Waals surface area (Å²) in [5.74, 6) is 0.443. The zero-order valence-corrected chi connectivity index (χ0v) is 21.0. The highest BCUT2D eigenvalue weighted by atomic mass is 35.5. The van der Waals surface area contributed by atoms with Gasteiger partial charge in [-0.1, -0.05) is 11.6 Å². The summed E-state index contributed by atoms with van der Waals surface area (Å²) in [6, 6.07) is 8.16. The Hall–Kier alpha value is -3.30. The minimum atomic E-state index is -0.629. The number of hydrogen-bond donors (Lipinski definition) is 1. The number of amides is 2. The van der Waals surface area contributed by atoms with Crippen molar-refractivity contribution >= 4 is 52.5 Å². The molecule has 0 radical (unpaired) electrons. The van der Waals surface area contributed by atoms with Gasteiger partial charge >= 0.3 is 0 Å². The summed E-state index contributed by atoms with van der Waals surface area (Å²) < 4.78 is 22.1. The van der Waals surface area contributed by atoms with Crippen molar-refractivity contribution in [3.63, 3.8) is 0 Å². The maximum Gasteiger partial charge on any atom is 0.270 e. The molecule has 0 aliphatic carbocycles. The van der Waals surface area contributed by atoms with Gasteiger partial charge in [0, 0.05) is 6.07 Å². The fourth-order valence-corrected chi connectivity index (χ4v) is 3.83. The molecule has 2 aromatic rings. The van der Waals surface area contributed by atoms with Crippen molar-refractivity contribution in [1.29, 1.82) is 0 Å². The topological polar surface area (TPSA) is 86.3 Å². The highest BCUT2D eigenvalue weighted by Gasteiger charge is 2.36. The van der Waals surface area contributed by atoms with Crippen LogP contribution in [0.2, 0.25) is 5.02 Å². The Morgan fingerprint density at radius 1 is 1.12 bits per heavy atom. The number of hydrogen-bond acceptors (Lipinski definition) is 7. The fourth-order valence-electron chi connectivity index (χ4n) is 3.30. The third-order valence-electron chi connectivity index (χ3n) is 4.73. The average molecular weight is 505 g/mol. The van der Waals surface area contributed by atoms with Crippen molar-refractivity contribution in [1.82, 2.24) is 5.32 Å². The van der Waals surface area contributed by atoms with Gasteiger partial charge in [-0.25, -0.2) is 4.90 Å². The van der Waals surface area contributed by atoms with Gasteiger partial charge in [0.05, 0.1) is 37.6 Å². The van der Waals surface area contributed by atoms with E-state index in [0.29, 0.717) is 45.9 Å². The van der Waals surface area contributed by atoms with Gasteiger partial charge in [0.15, 0.2) is 16.6 Å². The standard InChI is InChI=1S/C24H25ClN2O6S/c1-6-32-20-11-14(10-17(25)21(20)33-13(2)3)9-16-22(28)26-24(34)27(23(16)29)18-8-7-15(30-4)12-19(18)31-5/h7-13H,6H2,1-5H3,(H,26,28,34)/b16-9+. The highest BCUT2D eigenvalue weighted by molar-refractivity contribution is 7.80. The second-order valence-corrected chi connectivity index (χ2v) is 8.22. The molecule has 10 heteroatoms. The highest BCUT2D eigenvalue weighted by Crippen LogP contribution is 2.39. The van der Waals surface area contributed by atoms with Crippen LogP contribution in [-0.2, 0) is 9.59 Å². The minimum absolute atomic E-state index is 0.0654. The Balaban J connectivity index is 2.06. The van der Waals surface area contributed by atoms with Gasteiger partial charge in [-0.15, -0.1) is 0 Å². The number of nitrogens with zero attached hydrogens (tertiary/aromatic N) is 1. The molecule has 0 saturated carbocycles. The molecule has 34 heavy (non-hydrogen) atoms. The largest absolute Gasteiger partial charge is 0.497 e. The second-order valence-electron chi connectivity index (χ2n) is 7.43. The number of methoxy groups -OCH3 is 2. The van der Waals surface area contributed by atoms with Crippen LogP contribution in [0.5, 0.6) is 23.0 Å². The first-order valence-electron chi connectivity index (χ1n) is 10.5. The number of anilines is 1. The molecular formula is C24H25ClN2O6S. The SMILES string of the molecule is CCOc1cc(/C=C2\C(=O)NC(=S)N(c3ccc(OC)cc3OC)C2=O)cc(Cl)c1OC(C)C. The molecule has 0 aromatic heterocycles. The lowest BCUT2D eigenvalue weighted by Gasteiger charge is -2.30. The molecule has 1 heterocycles. The van der Waals surface area contributed by atoms with Crippen LogP contribution >= 0.6 is 23.8 Å². The molecule has 180 valence electrons. The van der Waals surface area contributed by atoms with Crippen molar-refractivity contribution in [2.45, 2.75) is 26.9 Å². The van der Waals surface area contributed by atoms with Gasteiger partial charge < -0.3 is 18.9 Å². The zero-order valence-electron chi connectivity index (χ0n) is 19.4. The first-order chi connectivity index (χ1) is 16.2. The normalized spacial score (nSPS) is 15.0. The lowest BCUT2D eigenvalue weighted by atomic mass is 10.1. The number of nitrogens with one attached hydrogen (secondary N) is 1. The summed E-state index contributed by atoms with van der Waals surface area (Å²) in [5.41, 5.74) is 0.706. The molecule has 8 nitrogen and oxygen atoms in total. The average Bonchev–Trinajstić information content (AvgIpc) is 2.79. The van der Waals surface area contributed by atoms with Gasteiger partial charge in [-0.3, -0.25) is 14.9 Å². The van der Waals surface area contributed by atoms with E-state index in [1.165, 1.54) is 25.2 Å². The fraction of sp³-hybridized carbons (Fsp3) is 0.292. The molecule has 2 aromatic carbocycles. The summed E-state index contributed by atoms with van der Waals surface area (Å²) >= 11 is 11.7. The van der Waals surface area contributed by atoms with Crippen molar-refractivity contribution in [3.8, 4) is 23.0 Å². The van der Waals surface area contributed by atoms with E-state index in [4.69, 9.17) is 42.8 Å². The molecule has 1 N–H and O–H groups in total. The Kier molecular flexibility index (Phi) is 8.01. The minimum Gasteiger partial charge on any atom is -0.497 e. The summed E-state index contributed by atoms with van der Waals surface area (Å²) in [4.78, 5) is 27.3. The number of thiocarbonyl (C=S) groups is 1. The first kappa shape index (κ1) is 25.3. The molecule has 1 aliphatic rings. The van der Waals surface area contributed by atoms with E-state index in [1.807, 2.05) is 20.8 Å². The first-order valence-corrected chi connectivity index (χ1v) is 11.2. The Morgan fingerprint density at radius 2 is 1.85 bits per heavy atom. The monoisotopic (exact) mass is 504 g/mol. The number of ether oxygens (including phenoxy) is 4. The second kappa shape index (κ2) is 10.8. The van der Waals surface area contributed by atoms with E-state index >= 15 is 0 Å². The summed E-state index contributed by atoms with van der Waals surface area (Å²) in [5, 5.41) is 2.78. The van der Waals surface area contributed by atoms with E-state index in [2.05, 4.69) is 5.32 Å². The van der Waals surface area contributed by atoms with Crippen molar-refractivity contribution in [3.05, 3.63) is 46.5 Å². The number of carbonyl (C=O) groups excluding carboxylic acids is 2. The molecular weight excluding hydrogens is 480 g/mol. The van der Waals surface area contributed by atoms with Crippen LogP contribution in [-0.4, -0.2) is 43.9 Å².